The van der Waals surface area contributed by atoms with Gasteiger partial charge in [-0.2, -0.15) is 0 Å². The van der Waals surface area contributed by atoms with E-state index in [1.807, 2.05) is 13.0 Å². The predicted octanol–water partition coefficient (Wildman–Crippen LogP) is 4.04. The molecule has 0 saturated heterocycles. The third-order valence-electron chi connectivity index (χ3n) is 8.40. The van der Waals surface area contributed by atoms with Crippen molar-refractivity contribution in [2.45, 2.75) is 78.7 Å². The minimum Gasteiger partial charge on any atom is -0.481 e. The number of carbonyl (C=O) groups excluding carboxylic acids is 4. The van der Waals surface area contributed by atoms with E-state index in [0.717, 1.165) is 12.0 Å². The maximum absolute atomic E-state index is 12.4. The minimum absolute atomic E-state index is 0.0235. The van der Waals surface area contributed by atoms with Crippen LogP contribution in [0.15, 0.2) is 35.6 Å². The van der Waals surface area contributed by atoms with Gasteiger partial charge in [-0.15, -0.1) is 0 Å². The van der Waals surface area contributed by atoms with Crippen LogP contribution in [0, 0.1) is 22.7 Å². The smallest absolute Gasteiger partial charge is 0.342 e. The topological polar surface area (TPSA) is 143 Å². The Balaban J connectivity index is 1.93. The molecule has 0 aromatic rings. The third-order valence-corrected chi connectivity index (χ3v) is 8.40. The highest BCUT2D eigenvalue weighted by Gasteiger charge is 2.59. The van der Waals surface area contributed by atoms with Gasteiger partial charge in [0.05, 0.1) is 12.8 Å². The van der Waals surface area contributed by atoms with Gasteiger partial charge in [-0.3, -0.25) is 19.2 Å². The molecule has 39 heavy (non-hydrogen) atoms. The van der Waals surface area contributed by atoms with Crippen LogP contribution in [0.5, 0.6) is 0 Å². The highest BCUT2D eigenvalue weighted by atomic mass is 16.6. The number of carboxylic acid groups (broad SMARTS) is 1. The standard InChI is InChI=1S/C29H38O10/c1-6-25(33)39-23-13-14-28(4)20(9-8-19-21(38-18(3)30)15-36-27(19)35)17(2)7-10-22(28)29(23,5)16-37-26(34)12-11-24(31)32/h8-9,20,22-23H,2,6-7,10-16H2,1,3-5H3,(H,31,32)/b9-8+. The Morgan fingerprint density at radius 2 is 1.87 bits per heavy atom. The number of aliphatic carboxylic acids is 1. The van der Waals surface area contributed by atoms with Crippen LogP contribution in [0.25, 0.3) is 0 Å². The normalized spacial score (nSPS) is 30.5. The van der Waals surface area contributed by atoms with Crippen LogP contribution in [-0.2, 0) is 42.9 Å². The Bertz CT molecular complexity index is 1100. The molecule has 10 heteroatoms. The molecule has 0 aromatic carbocycles. The third kappa shape index (κ3) is 6.59. The summed E-state index contributed by atoms with van der Waals surface area (Å²) in [6.45, 7) is 11.2. The maximum atomic E-state index is 12.4. The largest absolute Gasteiger partial charge is 0.481 e. The van der Waals surface area contributed by atoms with Gasteiger partial charge in [0.25, 0.3) is 0 Å². The molecule has 214 valence electrons. The number of allylic oxidation sites excluding steroid dienone is 2. The van der Waals surface area contributed by atoms with Crippen molar-refractivity contribution >= 4 is 29.8 Å². The number of cyclic esters (lactones) is 1. The van der Waals surface area contributed by atoms with Gasteiger partial charge in [0.15, 0.2) is 12.4 Å². The molecule has 3 aliphatic rings. The Labute approximate surface area is 228 Å². The molecule has 5 atom stereocenters. The second kappa shape index (κ2) is 12.2. The summed E-state index contributed by atoms with van der Waals surface area (Å²) in [7, 11) is 0. The molecular weight excluding hydrogens is 508 g/mol. The molecule has 10 nitrogen and oxygen atoms in total. The molecule has 1 aliphatic heterocycles. The summed E-state index contributed by atoms with van der Waals surface area (Å²) in [6.07, 6.45) is 5.30. The zero-order chi connectivity index (χ0) is 29.0. The van der Waals surface area contributed by atoms with E-state index in [2.05, 4.69) is 13.5 Å². The molecule has 3 rings (SSSR count). The van der Waals surface area contributed by atoms with Crippen molar-refractivity contribution in [3.63, 3.8) is 0 Å². The number of carboxylic acids is 1. The maximum Gasteiger partial charge on any atom is 0.342 e. The van der Waals surface area contributed by atoms with E-state index in [1.54, 1.807) is 13.0 Å². The lowest BCUT2D eigenvalue weighted by Crippen LogP contribution is -2.58. The minimum atomic E-state index is -1.09. The number of ether oxygens (including phenoxy) is 4. The number of rotatable bonds is 10. The van der Waals surface area contributed by atoms with Gasteiger partial charge in [-0.05, 0) is 43.1 Å². The number of esters is 4. The van der Waals surface area contributed by atoms with Crippen molar-refractivity contribution < 1.29 is 48.0 Å². The predicted molar refractivity (Wildman–Crippen MR) is 138 cm³/mol. The average Bonchev–Trinajstić information content (AvgIpc) is 3.20. The summed E-state index contributed by atoms with van der Waals surface area (Å²) < 4.78 is 21.7. The van der Waals surface area contributed by atoms with Gasteiger partial charge < -0.3 is 24.1 Å². The summed E-state index contributed by atoms with van der Waals surface area (Å²) in [5.74, 6) is -3.22. The fraction of sp³-hybridized carbons (Fsp3) is 0.621. The molecule has 1 N–H and O–H groups in total. The van der Waals surface area contributed by atoms with Gasteiger partial charge in [-0.25, -0.2) is 4.79 Å². The first-order valence-electron chi connectivity index (χ1n) is 13.3. The van der Waals surface area contributed by atoms with Gasteiger partial charge >= 0.3 is 29.8 Å². The molecular formula is C29H38O10. The quantitative estimate of drug-likeness (QED) is 0.242. The van der Waals surface area contributed by atoms with Crippen molar-refractivity contribution in [2.24, 2.45) is 22.7 Å². The first-order valence-corrected chi connectivity index (χ1v) is 13.3. The molecule has 1 heterocycles. The lowest BCUT2D eigenvalue weighted by Gasteiger charge is -2.59. The first-order chi connectivity index (χ1) is 18.3. The Kier molecular flexibility index (Phi) is 9.40. The van der Waals surface area contributed by atoms with Crippen LogP contribution in [0.4, 0.5) is 0 Å². The van der Waals surface area contributed by atoms with Crippen molar-refractivity contribution in [1.82, 2.24) is 0 Å². The van der Waals surface area contributed by atoms with Crippen LogP contribution in [0.3, 0.4) is 0 Å². The molecule has 5 unspecified atom stereocenters. The highest BCUT2D eigenvalue weighted by molar-refractivity contribution is 5.94. The van der Waals surface area contributed by atoms with Crippen LogP contribution in [-0.4, -0.2) is 54.3 Å². The van der Waals surface area contributed by atoms with Crippen molar-refractivity contribution in [2.75, 3.05) is 13.2 Å². The Morgan fingerprint density at radius 3 is 2.51 bits per heavy atom. The zero-order valence-corrected chi connectivity index (χ0v) is 23.1. The van der Waals surface area contributed by atoms with Crippen LogP contribution < -0.4 is 0 Å². The Hall–Kier alpha value is -3.43. The van der Waals surface area contributed by atoms with Gasteiger partial charge in [-0.1, -0.05) is 39.0 Å². The number of hydrogen-bond acceptors (Lipinski definition) is 9. The molecule has 0 radical (unpaired) electrons. The summed E-state index contributed by atoms with van der Waals surface area (Å²) in [5.41, 5.74) is 0.0476. The zero-order valence-electron chi connectivity index (χ0n) is 23.1. The van der Waals surface area contributed by atoms with E-state index >= 15 is 0 Å². The molecule has 2 aliphatic carbocycles. The second-order valence-corrected chi connectivity index (χ2v) is 11.0. The van der Waals surface area contributed by atoms with Crippen LogP contribution >= 0.6 is 0 Å². The number of carbonyl (C=O) groups is 5. The fourth-order valence-corrected chi connectivity index (χ4v) is 6.42. The summed E-state index contributed by atoms with van der Waals surface area (Å²) >= 11 is 0. The summed E-state index contributed by atoms with van der Waals surface area (Å²) in [5, 5.41) is 8.91. The molecule has 2 saturated carbocycles. The van der Waals surface area contributed by atoms with Gasteiger partial charge in [0.1, 0.15) is 18.3 Å². The average molecular weight is 547 g/mol. The Morgan fingerprint density at radius 1 is 1.15 bits per heavy atom. The van der Waals surface area contributed by atoms with Gasteiger partial charge in [0.2, 0.25) is 0 Å². The summed E-state index contributed by atoms with van der Waals surface area (Å²) in [4.78, 5) is 59.4. The van der Waals surface area contributed by atoms with E-state index in [-0.39, 0.29) is 67.0 Å². The van der Waals surface area contributed by atoms with E-state index in [1.165, 1.54) is 6.92 Å². The van der Waals surface area contributed by atoms with E-state index in [4.69, 9.17) is 24.1 Å². The van der Waals surface area contributed by atoms with E-state index in [0.29, 0.717) is 19.3 Å². The van der Waals surface area contributed by atoms with E-state index < -0.39 is 35.4 Å². The SMILES string of the molecule is C=C1CCC2C(C)(COC(=O)CCC(=O)O)C(OC(=O)CC)CCC2(C)C1/C=C/C1=C(OC(C)=O)COC1=O. The highest BCUT2D eigenvalue weighted by Crippen LogP contribution is 2.62. The van der Waals surface area contributed by atoms with E-state index in [9.17, 15) is 24.0 Å². The van der Waals surface area contributed by atoms with Crippen LogP contribution in [0.2, 0.25) is 0 Å². The molecule has 0 bridgehead atoms. The van der Waals surface area contributed by atoms with Crippen molar-refractivity contribution in [3.8, 4) is 0 Å². The number of fused-ring (bicyclic) bond motifs is 1. The lowest BCUT2D eigenvalue weighted by molar-refractivity contribution is -0.191. The van der Waals surface area contributed by atoms with Gasteiger partial charge in [0, 0.05) is 24.7 Å². The lowest BCUT2D eigenvalue weighted by atomic mass is 9.46. The first kappa shape index (κ1) is 30.1. The summed E-state index contributed by atoms with van der Waals surface area (Å²) in [6, 6.07) is 0. The van der Waals surface area contributed by atoms with Crippen LogP contribution in [0.1, 0.15) is 72.6 Å². The molecule has 0 spiro atoms. The molecule has 0 aromatic heterocycles. The second-order valence-electron chi connectivity index (χ2n) is 11.0. The molecule has 0 amide bonds. The molecule has 2 fully saturated rings. The fourth-order valence-electron chi connectivity index (χ4n) is 6.42. The number of hydrogen-bond donors (Lipinski definition) is 1. The van der Waals surface area contributed by atoms with Crippen molar-refractivity contribution in [1.29, 1.82) is 0 Å². The van der Waals surface area contributed by atoms with Crippen molar-refractivity contribution in [3.05, 3.63) is 35.6 Å². The monoisotopic (exact) mass is 546 g/mol.